The number of benzene rings is 21. The molecule has 33 aromatic rings. The fraction of sp³-hybridized carbons (Fsp3) is 0. The van der Waals surface area contributed by atoms with E-state index >= 15 is 0 Å². The van der Waals surface area contributed by atoms with Gasteiger partial charge >= 0.3 is 0 Å². The first-order valence-electron chi connectivity index (χ1n) is 47.7. The molecule has 12 heterocycles. The van der Waals surface area contributed by atoms with Crippen molar-refractivity contribution in [2.45, 2.75) is 0 Å². The van der Waals surface area contributed by atoms with Crippen LogP contribution in [-0.4, -0.2) is 56.8 Å². The van der Waals surface area contributed by atoms with Crippen molar-refractivity contribution in [3.8, 4) is 62.4 Å². The summed E-state index contributed by atoms with van der Waals surface area (Å²) in [4.78, 5) is 32.0. The van der Waals surface area contributed by atoms with Gasteiger partial charge in [0, 0.05) is 108 Å². The lowest BCUT2D eigenvalue weighted by Crippen LogP contribution is -2.04. The summed E-state index contributed by atoms with van der Waals surface area (Å²) in [5.41, 5.74) is 31.0. The van der Waals surface area contributed by atoms with Crippen LogP contribution in [0.15, 0.2) is 449 Å². The average Bonchev–Trinajstić information content (AvgIpc) is 1.52. The van der Waals surface area contributed by atoms with Gasteiger partial charge in [0.05, 0.1) is 116 Å². The third-order valence-corrected chi connectivity index (χ3v) is 29.7. The van der Waals surface area contributed by atoms with Gasteiger partial charge < -0.3 is 13.2 Å². The van der Waals surface area contributed by atoms with E-state index in [1.165, 1.54) is 179 Å². The Morgan fingerprint density at radius 1 is 0.143 bits per heavy atom. The predicted molar refractivity (Wildman–Crippen MR) is 582 cm³/mol. The van der Waals surface area contributed by atoms with Gasteiger partial charge in [-0.2, -0.15) is 0 Å². The van der Waals surface area contributed by atoms with E-state index in [2.05, 4.69) is 415 Å². The molecule has 0 atom stereocenters. The smallest absolute Gasteiger partial charge is 0.165 e. The van der Waals surface area contributed by atoms with E-state index in [-0.39, 0.29) is 0 Å². The zero-order valence-electron chi connectivity index (χ0n) is 75.1. The third-order valence-electron chi connectivity index (χ3n) is 29.7. The van der Waals surface area contributed by atoms with E-state index in [1.807, 2.05) is 60.7 Å². The van der Waals surface area contributed by atoms with Crippen LogP contribution in [0, 0.1) is 0 Å². The number of fused-ring (bicyclic) bond motifs is 25. The molecule has 12 aromatic heterocycles. The van der Waals surface area contributed by atoms with Crippen LogP contribution in [0.25, 0.3) is 297 Å². The fourth-order valence-electron chi connectivity index (χ4n) is 23.9. The molecule has 140 heavy (non-hydrogen) atoms. The molecule has 0 bridgehead atoms. The van der Waals surface area contributed by atoms with Crippen LogP contribution in [0.4, 0.5) is 0 Å². The van der Waals surface area contributed by atoms with Crippen molar-refractivity contribution in [1.82, 2.24) is 56.8 Å². The van der Waals surface area contributed by atoms with E-state index < -0.39 is 0 Å². The highest BCUT2D eigenvalue weighted by Gasteiger charge is 2.33. The molecule has 0 amide bonds. The Hall–Kier alpha value is -19.0. The lowest BCUT2D eigenvalue weighted by atomic mass is 9.97. The highest BCUT2D eigenvalue weighted by atomic mass is 15.1. The molecular weight excluding hydrogens is 1710 g/mol. The minimum absolute atomic E-state index is 0.824. The van der Waals surface area contributed by atoms with Crippen LogP contribution in [0.3, 0.4) is 0 Å². The first-order valence-corrected chi connectivity index (χ1v) is 47.7. The van der Waals surface area contributed by atoms with E-state index in [9.17, 15) is 0 Å². The summed E-state index contributed by atoms with van der Waals surface area (Å²) in [5.74, 6) is 2.50. The molecule has 0 aliphatic heterocycles. The maximum atomic E-state index is 5.46. The summed E-state index contributed by atoms with van der Waals surface area (Å²) >= 11 is 0. The number of nitrogens with zero attached hydrogens (tertiary/aromatic N) is 12. The molecule has 33 rings (SSSR count). The molecule has 0 saturated carbocycles. The monoisotopic (exact) mass is 1780 g/mol. The first-order chi connectivity index (χ1) is 69.5. The Morgan fingerprint density at radius 3 is 0.921 bits per heavy atom. The van der Waals surface area contributed by atoms with Gasteiger partial charge in [-0.15, -0.1) is 0 Å². The van der Waals surface area contributed by atoms with Crippen LogP contribution >= 0.6 is 0 Å². The van der Waals surface area contributed by atoms with Crippen LogP contribution in [0.1, 0.15) is 0 Å². The van der Waals surface area contributed by atoms with Crippen molar-refractivity contribution in [1.29, 1.82) is 0 Å². The summed E-state index contributed by atoms with van der Waals surface area (Å²) in [6.07, 6.45) is 0. The second-order valence-corrected chi connectivity index (χ2v) is 36.9. The van der Waals surface area contributed by atoms with Crippen LogP contribution in [0.2, 0.25) is 0 Å². The Bertz CT molecular complexity index is 10900. The number of hydrogen-bond acceptors (Lipinski definition) is 6. The van der Waals surface area contributed by atoms with E-state index in [4.69, 9.17) is 29.9 Å². The summed E-state index contributed by atoms with van der Waals surface area (Å²) in [5, 5.41) is 27.4. The van der Waals surface area contributed by atoms with Gasteiger partial charge in [0.2, 0.25) is 0 Å². The number of aromatic nitrogens is 12. The summed E-state index contributed by atoms with van der Waals surface area (Å²) in [6, 6.07) is 160. The van der Waals surface area contributed by atoms with Crippen molar-refractivity contribution in [2.24, 2.45) is 0 Å². The molecule has 0 unspecified atom stereocenters. The first kappa shape index (κ1) is 76.4. The third kappa shape index (κ3) is 10.7. The van der Waals surface area contributed by atoms with Crippen molar-refractivity contribution in [2.75, 3.05) is 0 Å². The maximum Gasteiger partial charge on any atom is 0.165 e. The molecule has 0 radical (unpaired) electrons. The second kappa shape index (κ2) is 29.2. The Morgan fingerprint density at radius 2 is 0.443 bits per heavy atom. The zero-order chi connectivity index (χ0) is 91.2. The molecule has 0 aliphatic rings. The van der Waals surface area contributed by atoms with Gasteiger partial charge in [-0.1, -0.05) is 346 Å². The number of hydrogen-bond donors (Lipinski definition) is 0. The van der Waals surface area contributed by atoms with Crippen molar-refractivity contribution in [3.63, 3.8) is 0 Å². The minimum Gasteiger partial charge on any atom is -0.308 e. The SMILES string of the molecule is c1ccc(-c2nc3ccccc3nc2-n2c3cccc4c5ccccc5n5c6c7ccccc7ccc6c6ccc2c(c43)c65)cc1.c1ccc(-c2nc3ccccc3nc2-n2c3cccc4c5ccccc5n5c6ccc7ccccc7c6c6ccc2c(c43)c65)cc1.c1ccc(-c2nc3ccccc3nc2-n2c3cccc4c5ccccc5n5c6ccccc6c6cc(-c7ccccc7)c2c(c43)c65)cc1. The van der Waals surface area contributed by atoms with Crippen molar-refractivity contribution < 1.29 is 0 Å². The topological polar surface area (TPSA) is 105 Å². The van der Waals surface area contributed by atoms with E-state index in [0.717, 1.165) is 117 Å². The predicted octanol–water partition coefficient (Wildman–Crippen LogP) is 32.6. The van der Waals surface area contributed by atoms with Gasteiger partial charge in [-0.25, -0.2) is 29.9 Å². The largest absolute Gasteiger partial charge is 0.308 e. The number of rotatable bonds is 7. The van der Waals surface area contributed by atoms with Crippen molar-refractivity contribution in [3.05, 3.63) is 449 Å². The highest BCUT2D eigenvalue weighted by molar-refractivity contribution is 6.39. The molecule has 0 N–H and O–H groups in total. The number of para-hydroxylation sites is 10. The maximum absolute atomic E-state index is 5.46. The molecule has 0 spiro atoms. The van der Waals surface area contributed by atoms with E-state index in [0.29, 0.717) is 0 Å². The fourth-order valence-corrected chi connectivity index (χ4v) is 23.9. The average molecular weight is 1780 g/mol. The molecule has 0 saturated heterocycles. The van der Waals surface area contributed by atoms with Gasteiger partial charge in [-0.05, 0) is 141 Å². The van der Waals surface area contributed by atoms with Gasteiger partial charge in [-0.3, -0.25) is 13.7 Å². The van der Waals surface area contributed by atoms with Crippen LogP contribution in [0.5, 0.6) is 0 Å². The Kier molecular flexibility index (Phi) is 16.0. The lowest BCUT2D eigenvalue weighted by Gasteiger charge is -2.16. The van der Waals surface area contributed by atoms with Crippen molar-refractivity contribution >= 4 is 234 Å². The standard InChI is InChI=1S/C44H26N4.2C42H24N4/c1-3-14-27(15-4-1)32-26-33-30-19-8-12-24-37(30)47-36-23-11-7-18-29(36)31-20-13-25-38-39(31)40(43(33)47)42(32)48(38)44-41(28-16-5-2-6-17-28)45-34-21-9-10-22-35(34)46-44;1-2-12-26(13-3-1)40-42(44-32-18-8-7-17-31(32)43-40)46-34-20-10-16-29-28-15-6-9-19-33(28)45-35-23-21-25-11-4-5-14-27(25)37(35)30-22-24-36(46)39(38(29)34)41(30)45;1-2-12-26(13-3-1)39-42(44-33-18-8-7-17-32(33)43-39)45-35-20-10-16-29-28-15-6-9-19-34(28)46-40-27-14-5-4-11-25(27)21-22-30(40)31-23-24-36(45)38(37(29)35)41(31)46/h1-26H;2*1-24H. The lowest BCUT2D eigenvalue weighted by molar-refractivity contribution is 1.08. The zero-order valence-corrected chi connectivity index (χ0v) is 75.1. The summed E-state index contributed by atoms with van der Waals surface area (Å²) in [6.45, 7) is 0. The van der Waals surface area contributed by atoms with E-state index in [1.54, 1.807) is 0 Å². The molecule has 0 fully saturated rings. The molecule has 12 nitrogen and oxygen atoms in total. The molecular formula is C128H74N12. The molecule has 646 valence electrons. The van der Waals surface area contributed by atoms with Crippen LogP contribution < -0.4 is 0 Å². The second-order valence-electron chi connectivity index (χ2n) is 36.9. The van der Waals surface area contributed by atoms with Crippen LogP contribution in [-0.2, 0) is 0 Å². The highest BCUT2D eigenvalue weighted by Crippen LogP contribution is 2.54. The summed E-state index contributed by atoms with van der Waals surface area (Å²) in [7, 11) is 0. The molecule has 0 aliphatic carbocycles. The van der Waals surface area contributed by atoms with Gasteiger partial charge in [0.1, 0.15) is 17.1 Å². The van der Waals surface area contributed by atoms with Gasteiger partial charge in [0.15, 0.2) is 17.5 Å². The normalized spacial score (nSPS) is 12.3. The quantitative estimate of drug-likeness (QED) is 0.157. The summed E-state index contributed by atoms with van der Waals surface area (Å²) < 4.78 is 14.6. The minimum atomic E-state index is 0.824. The molecule has 12 heteroatoms. The Labute approximate surface area is 796 Å². The van der Waals surface area contributed by atoms with Gasteiger partial charge in [0.25, 0.3) is 0 Å². The Balaban J connectivity index is 0.0000000968. The molecule has 21 aromatic carbocycles.